The number of aliphatic hydroxyl groups excluding tert-OH is 1. The van der Waals surface area contributed by atoms with Crippen LogP contribution in [0.25, 0.3) is 5.76 Å². The summed E-state index contributed by atoms with van der Waals surface area (Å²) in [5.74, 6) is -1.54. The summed E-state index contributed by atoms with van der Waals surface area (Å²) in [6, 6.07) is 6.03. The zero-order valence-corrected chi connectivity index (χ0v) is 15.9. The second kappa shape index (κ2) is 8.75. The fourth-order valence-corrected chi connectivity index (χ4v) is 3.21. The standard InChI is InChI=1S/C21H23N3O4/c1-14(2)28-12-4-11-24-18(16-5-3-8-23-13-16)17(20(26)21(24)27)19(25)15-6-9-22-10-7-15/h3,5-10,13-14,18,25H,4,11-12H2,1-2H3/b19-17-. The quantitative estimate of drug-likeness (QED) is 0.343. The highest BCUT2D eigenvalue weighted by molar-refractivity contribution is 6.46. The molecule has 28 heavy (non-hydrogen) atoms. The number of hydrogen-bond acceptors (Lipinski definition) is 6. The zero-order valence-electron chi connectivity index (χ0n) is 15.9. The third kappa shape index (κ3) is 4.09. The maximum absolute atomic E-state index is 12.8. The van der Waals surface area contributed by atoms with Crippen molar-refractivity contribution < 1.29 is 19.4 Å². The van der Waals surface area contributed by atoms with Gasteiger partial charge in [0.05, 0.1) is 17.7 Å². The van der Waals surface area contributed by atoms with E-state index in [1.165, 1.54) is 17.3 Å². The number of pyridine rings is 2. The van der Waals surface area contributed by atoms with Gasteiger partial charge in [-0.3, -0.25) is 19.6 Å². The first-order chi connectivity index (χ1) is 13.5. The van der Waals surface area contributed by atoms with Crippen LogP contribution in [0.2, 0.25) is 0 Å². The lowest BCUT2D eigenvalue weighted by Gasteiger charge is -2.25. The van der Waals surface area contributed by atoms with Crippen molar-refractivity contribution in [3.05, 3.63) is 65.8 Å². The van der Waals surface area contributed by atoms with Crippen LogP contribution in [-0.2, 0) is 14.3 Å². The van der Waals surface area contributed by atoms with Gasteiger partial charge in [0.2, 0.25) is 0 Å². The van der Waals surface area contributed by atoms with Crippen LogP contribution in [0.1, 0.15) is 37.4 Å². The smallest absolute Gasteiger partial charge is 0.295 e. The van der Waals surface area contributed by atoms with Gasteiger partial charge in [-0.05, 0) is 44.0 Å². The van der Waals surface area contributed by atoms with Gasteiger partial charge in [0.25, 0.3) is 11.7 Å². The number of rotatable bonds is 7. The van der Waals surface area contributed by atoms with Crippen molar-refractivity contribution in [2.75, 3.05) is 13.2 Å². The number of carbonyl (C=O) groups is 2. The fourth-order valence-electron chi connectivity index (χ4n) is 3.21. The Labute approximate surface area is 163 Å². The normalized spacial score (nSPS) is 18.8. The van der Waals surface area contributed by atoms with Gasteiger partial charge in [0.15, 0.2) is 0 Å². The summed E-state index contributed by atoms with van der Waals surface area (Å²) in [6.45, 7) is 4.70. The van der Waals surface area contributed by atoms with Gasteiger partial charge < -0.3 is 14.7 Å². The highest BCUT2D eigenvalue weighted by Crippen LogP contribution is 2.38. The molecule has 1 aliphatic rings. The molecule has 2 aromatic rings. The number of Topliss-reactive ketones (excluding diaryl/α,β-unsaturated/α-hetero) is 1. The van der Waals surface area contributed by atoms with Crippen molar-refractivity contribution in [1.82, 2.24) is 14.9 Å². The number of carbonyl (C=O) groups excluding carboxylic acids is 2. The molecule has 0 aromatic carbocycles. The number of amides is 1. The number of aromatic nitrogens is 2. The largest absolute Gasteiger partial charge is 0.507 e. The van der Waals surface area contributed by atoms with Crippen LogP contribution in [0, 0.1) is 0 Å². The number of aliphatic hydroxyl groups is 1. The Kier molecular flexibility index (Phi) is 6.16. The molecule has 0 bridgehead atoms. The van der Waals surface area contributed by atoms with Crippen LogP contribution in [0.3, 0.4) is 0 Å². The van der Waals surface area contributed by atoms with Crippen molar-refractivity contribution in [3.63, 3.8) is 0 Å². The molecule has 0 aliphatic carbocycles. The summed E-state index contributed by atoms with van der Waals surface area (Å²) in [4.78, 5) is 35.0. The van der Waals surface area contributed by atoms with E-state index in [0.717, 1.165) is 0 Å². The summed E-state index contributed by atoms with van der Waals surface area (Å²) in [5, 5.41) is 10.8. The number of hydrogen-bond donors (Lipinski definition) is 1. The van der Waals surface area contributed by atoms with Crippen molar-refractivity contribution in [1.29, 1.82) is 0 Å². The first-order valence-corrected chi connectivity index (χ1v) is 9.21. The van der Waals surface area contributed by atoms with Gasteiger partial charge in [-0.25, -0.2) is 0 Å². The molecule has 1 unspecified atom stereocenters. The molecule has 1 amide bonds. The molecule has 3 heterocycles. The maximum Gasteiger partial charge on any atom is 0.295 e. The van der Waals surface area contributed by atoms with E-state index in [9.17, 15) is 14.7 Å². The second-order valence-corrected chi connectivity index (χ2v) is 6.79. The summed E-state index contributed by atoms with van der Waals surface area (Å²) in [7, 11) is 0. The van der Waals surface area contributed by atoms with Crippen molar-refractivity contribution in [3.8, 4) is 0 Å². The van der Waals surface area contributed by atoms with Gasteiger partial charge in [-0.1, -0.05) is 6.07 Å². The molecule has 146 valence electrons. The average Bonchev–Trinajstić information content (AvgIpc) is 2.96. The molecular weight excluding hydrogens is 358 g/mol. The third-order valence-electron chi connectivity index (χ3n) is 4.49. The Balaban J connectivity index is 1.99. The van der Waals surface area contributed by atoms with E-state index in [1.807, 2.05) is 13.8 Å². The molecule has 1 atom stereocenters. The molecule has 0 saturated carbocycles. The number of ether oxygens (including phenoxy) is 1. The van der Waals surface area contributed by atoms with E-state index in [0.29, 0.717) is 30.7 Å². The summed E-state index contributed by atoms with van der Waals surface area (Å²) >= 11 is 0. The van der Waals surface area contributed by atoms with Crippen molar-refractivity contribution in [2.24, 2.45) is 0 Å². The topological polar surface area (TPSA) is 92.6 Å². The average molecular weight is 381 g/mol. The lowest BCUT2D eigenvalue weighted by molar-refractivity contribution is -0.140. The minimum absolute atomic E-state index is 0.0639. The lowest BCUT2D eigenvalue weighted by Crippen LogP contribution is -2.31. The Morgan fingerprint density at radius 3 is 2.57 bits per heavy atom. The SMILES string of the molecule is CC(C)OCCCN1C(=O)C(=O)/C(=C(\O)c2ccncc2)C1c1cccnc1. The van der Waals surface area contributed by atoms with Crippen LogP contribution in [0.15, 0.2) is 54.6 Å². The Morgan fingerprint density at radius 2 is 1.93 bits per heavy atom. The highest BCUT2D eigenvalue weighted by atomic mass is 16.5. The monoisotopic (exact) mass is 381 g/mol. The predicted molar refractivity (Wildman–Crippen MR) is 103 cm³/mol. The van der Waals surface area contributed by atoms with Crippen LogP contribution in [0.4, 0.5) is 0 Å². The fraction of sp³-hybridized carbons (Fsp3) is 0.333. The van der Waals surface area contributed by atoms with E-state index in [4.69, 9.17) is 4.74 Å². The van der Waals surface area contributed by atoms with E-state index in [1.54, 1.807) is 36.7 Å². The van der Waals surface area contributed by atoms with Crippen LogP contribution in [0.5, 0.6) is 0 Å². The molecule has 1 saturated heterocycles. The minimum atomic E-state index is -0.701. The summed E-state index contributed by atoms with van der Waals surface area (Å²) in [5.41, 5.74) is 1.17. The first kappa shape index (κ1) is 19.7. The van der Waals surface area contributed by atoms with Crippen LogP contribution < -0.4 is 0 Å². The number of likely N-dealkylation sites (tertiary alicyclic amines) is 1. The first-order valence-electron chi connectivity index (χ1n) is 9.21. The molecule has 0 radical (unpaired) electrons. The summed E-state index contributed by atoms with van der Waals surface area (Å²) in [6.07, 6.45) is 6.94. The molecule has 1 fully saturated rings. The maximum atomic E-state index is 12.8. The second-order valence-electron chi connectivity index (χ2n) is 6.79. The molecule has 7 nitrogen and oxygen atoms in total. The molecule has 2 aromatic heterocycles. The van der Waals surface area contributed by atoms with Crippen molar-refractivity contribution >= 4 is 17.4 Å². The highest BCUT2D eigenvalue weighted by Gasteiger charge is 2.45. The number of ketones is 1. The van der Waals surface area contributed by atoms with Gasteiger partial charge in [-0.15, -0.1) is 0 Å². The van der Waals surface area contributed by atoms with Gasteiger partial charge in [-0.2, -0.15) is 0 Å². The molecule has 7 heteroatoms. The van der Waals surface area contributed by atoms with Crippen molar-refractivity contribution in [2.45, 2.75) is 32.4 Å². The molecule has 1 N–H and O–H groups in total. The van der Waals surface area contributed by atoms with Crippen LogP contribution >= 0.6 is 0 Å². The van der Waals surface area contributed by atoms with E-state index in [-0.39, 0.29) is 17.4 Å². The number of nitrogens with zero attached hydrogens (tertiary/aromatic N) is 3. The zero-order chi connectivity index (χ0) is 20.1. The van der Waals surface area contributed by atoms with Crippen LogP contribution in [-0.4, -0.2) is 50.9 Å². The van der Waals surface area contributed by atoms with E-state index >= 15 is 0 Å². The van der Waals surface area contributed by atoms with E-state index in [2.05, 4.69) is 9.97 Å². The minimum Gasteiger partial charge on any atom is -0.507 e. The summed E-state index contributed by atoms with van der Waals surface area (Å²) < 4.78 is 5.54. The van der Waals surface area contributed by atoms with E-state index < -0.39 is 17.7 Å². The Hall–Kier alpha value is -3.06. The predicted octanol–water partition coefficient (Wildman–Crippen LogP) is 2.71. The van der Waals surface area contributed by atoms with Gasteiger partial charge in [0.1, 0.15) is 5.76 Å². The van der Waals surface area contributed by atoms with Gasteiger partial charge >= 0.3 is 0 Å². The molecule has 1 aliphatic heterocycles. The lowest BCUT2D eigenvalue weighted by atomic mass is 9.96. The Morgan fingerprint density at radius 1 is 1.18 bits per heavy atom. The molecular formula is C21H23N3O4. The molecule has 3 rings (SSSR count). The van der Waals surface area contributed by atoms with Gasteiger partial charge in [0, 0.05) is 43.5 Å². The molecule has 0 spiro atoms. The Bertz CT molecular complexity index is 866. The third-order valence-corrected chi connectivity index (χ3v) is 4.49.